The van der Waals surface area contributed by atoms with Crippen LogP contribution in [0.2, 0.25) is 0 Å². The average Bonchev–Trinajstić information content (AvgIpc) is 3.69. The summed E-state index contributed by atoms with van der Waals surface area (Å²) in [5, 5.41) is 0. The summed E-state index contributed by atoms with van der Waals surface area (Å²) >= 11 is 0. The molecule has 0 heterocycles. The van der Waals surface area contributed by atoms with E-state index in [4.69, 9.17) is 18.5 Å². The molecule has 10 heteroatoms. The molecule has 0 bridgehead atoms. The third kappa shape index (κ3) is 76.9. The van der Waals surface area contributed by atoms with Crippen molar-refractivity contribution in [1.29, 1.82) is 0 Å². The van der Waals surface area contributed by atoms with Gasteiger partial charge in [-0.2, -0.15) is 0 Å². The number of likely N-dealkylation sites (N-methyl/N-ethyl adjacent to an activating group) is 1. The van der Waals surface area contributed by atoms with Crippen LogP contribution in [0.5, 0.6) is 0 Å². The Balaban J connectivity index is 3.90. The summed E-state index contributed by atoms with van der Waals surface area (Å²) in [4.78, 5) is 38.2. The Morgan fingerprint density at radius 2 is 0.626 bits per heavy atom. The third-order valence-corrected chi connectivity index (χ3v) is 19.1. The van der Waals surface area contributed by atoms with Crippen LogP contribution in [0.4, 0.5) is 0 Å². The van der Waals surface area contributed by atoms with Crippen molar-refractivity contribution in [3.8, 4) is 0 Å². The second kappa shape index (κ2) is 72.2. The minimum Gasteiger partial charge on any atom is -0.756 e. The Labute approximate surface area is 566 Å². The first-order valence-electron chi connectivity index (χ1n) is 39.8. The molecule has 0 radical (unpaired) electrons. The Kier molecular flexibility index (Phi) is 70.6. The van der Waals surface area contributed by atoms with Crippen LogP contribution in [0.25, 0.3) is 0 Å². The van der Waals surface area contributed by atoms with Crippen LogP contribution in [0, 0.1) is 0 Å². The van der Waals surface area contributed by atoms with Gasteiger partial charge in [-0.15, -0.1) is 0 Å². The minimum atomic E-state index is -4.64. The number of phosphoric acid groups is 1. The highest BCUT2D eigenvalue weighted by molar-refractivity contribution is 7.45. The standard InChI is InChI=1S/C81H154NO8P/c1-6-8-10-12-14-16-18-20-22-24-26-28-30-32-34-36-38-39-40-41-42-43-44-46-48-50-52-54-56-58-60-62-64-66-68-70-72-74-81(84)90-79(78-89-91(85,86)88-76-75-82(3,4)5)77-87-80(83)73-71-69-67-65-63-61-59-57-55-53-51-49-47-45-37-35-33-31-29-27-25-23-21-19-17-15-13-11-9-7-2/h8,10,14,16,20,22,26,28,79H,6-7,9,11-13,15,17-19,21,23-25,27,29-78H2,1-5H3/b10-8-,16-14-,22-20-,28-26-. The van der Waals surface area contributed by atoms with Gasteiger partial charge in [-0.25, -0.2) is 0 Å². The van der Waals surface area contributed by atoms with Gasteiger partial charge >= 0.3 is 11.9 Å². The minimum absolute atomic E-state index is 0.0272. The van der Waals surface area contributed by atoms with Crippen molar-refractivity contribution in [2.45, 2.75) is 412 Å². The van der Waals surface area contributed by atoms with Gasteiger partial charge in [-0.1, -0.05) is 390 Å². The first-order chi connectivity index (χ1) is 44.5. The maximum absolute atomic E-state index is 12.9. The number of quaternary nitrogens is 1. The summed E-state index contributed by atoms with van der Waals surface area (Å²) in [6, 6.07) is 0. The molecule has 0 amide bonds. The summed E-state index contributed by atoms with van der Waals surface area (Å²) in [6.45, 7) is 4.21. The fourth-order valence-electron chi connectivity index (χ4n) is 12.1. The van der Waals surface area contributed by atoms with E-state index in [0.29, 0.717) is 17.4 Å². The van der Waals surface area contributed by atoms with Gasteiger partial charge in [0.1, 0.15) is 19.8 Å². The molecule has 0 aromatic carbocycles. The van der Waals surface area contributed by atoms with E-state index in [2.05, 4.69) is 62.5 Å². The lowest BCUT2D eigenvalue weighted by Crippen LogP contribution is -2.37. The van der Waals surface area contributed by atoms with Gasteiger partial charge in [0.25, 0.3) is 7.82 Å². The molecule has 0 aliphatic heterocycles. The van der Waals surface area contributed by atoms with E-state index >= 15 is 0 Å². The first kappa shape index (κ1) is 89.0. The number of rotatable bonds is 75. The molecule has 0 saturated carbocycles. The molecule has 0 fully saturated rings. The number of hydrogen-bond donors (Lipinski definition) is 0. The van der Waals surface area contributed by atoms with Crippen molar-refractivity contribution >= 4 is 19.8 Å². The van der Waals surface area contributed by atoms with Crippen molar-refractivity contribution in [2.75, 3.05) is 47.5 Å². The van der Waals surface area contributed by atoms with E-state index in [0.717, 1.165) is 57.8 Å². The number of unbranched alkanes of at least 4 members (excludes halogenated alkanes) is 53. The zero-order valence-corrected chi connectivity index (χ0v) is 62.2. The van der Waals surface area contributed by atoms with Crippen molar-refractivity contribution in [3.63, 3.8) is 0 Å². The lowest BCUT2D eigenvalue weighted by Gasteiger charge is -2.28. The maximum Gasteiger partial charge on any atom is 0.306 e. The highest BCUT2D eigenvalue weighted by atomic mass is 31.2. The molecular formula is C81H154NO8P. The topological polar surface area (TPSA) is 111 Å². The highest BCUT2D eigenvalue weighted by Gasteiger charge is 2.22. The fraction of sp³-hybridized carbons (Fsp3) is 0.877. The molecule has 9 nitrogen and oxygen atoms in total. The Morgan fingerprint density at radius 3 is 0.934 bits per heavy atom. The first-order valence-corrected chi connectivity index (χ1v) is 41.3. The number of esters is 2. The molecule has 91 heavy (non-hydrogen) atoms. The molecule has 0 spiro atoms. The summed E-state index contributed by atoms with van der Waals surface area (Å²) in [5.74, 6) is -0.806. The predicted molar refractivity (Wildman–Crippen MR) is 393 cm³/mol. The van der Waals surface area contributed by atoms with E-state index < -0.39 is 26.5 Å². The number of allylic oxidation sites excluding steroid dienone is 8. The summed E-state index contributed by atoms with van der Waals surface area (Å²) in [5.41, 5.74) is 0. The van der Waals surface area contributed by atoms with E-state index in [1.807, 2.05) is 21.1 Å². The van der Waals surface area contributed by atoms with Gasteiger partial charge < -0.3 is 27.9 Å². The van der Waals surface area contributed by atoms with Gasteiger partial charge in [0.2, 0.25) is 0 Å². The highest BCUT2D eigenvalue weighted by Crippen LogP contribution is 2.38. The van der Waals surface area contributed by atoms with Gasteiger partial charge in [0, 0.05) is 12.8 Å². The smallest absolute Gasteiger partial charge is 0.306 e. The molecule has 0 N–H and O–H groups in total. The van der Waals surface area contributed by atoms with Crippen LogP contribution in [0.1, 0.15) is 406 Å². The fourth-order valence-corrected chi connectivity index (χ4v) is 12.8. The number of phosphoric ester groups is 1. The van der Waals surface area contributed by atoms with Crippen molar-refractivity contribution < 1.29 is 42.1 Å². The van der Waals surface area contributed by atoms with Crippen molar-refractivity contribution in [2.24, 2.45) is 0 Å². The van der Waals surface area contributed by atoms with Crippen LogP contribution in [-0.2, 0) is 32.7 Å². The number of nitrogens with zero attached hydrogens (tertiary/aromatic N) is 1. The Hall–Kier alpha value is -2.03. The monoisotopic (exact) mass is 1300 g/mol. The summed E-state index contributed by atoms with van der Waals surface area (Å²) in [6.07, 6.45) is 95.3. The second-order valence-corrected chi connectivity index (χ2v) is 29.8. The summed E-state index contributed by atoms with van der Waals surface area (Å²) in [7, 11) is 1.19. The zero-order valence-electron chi connectivity index (χ0n) is 61.3. The quantitative estimate of drug-likeness (QED) is 0.0195. The zero-order chi connectivity index (χ0) is 66.2. The van der Waals surface area contributed by atoms with Gasteiger partial charge in [0.05, 0.1) is 27.7 Å². The third-order valence-electron chi connectivity index (χ3n) is 18.1. The second-order valence-electron chi connectivity index (χ2n) is 28.4. The van der Waals surface area contributed by atoms with E-state index in [1.165, 1.54) is 315 Å². The summed E-state index contributed by atoms with van der Waals surface area (Å²) < 4.78 is 34.4. The molecule has 0 aliphatic rings. The van der Waals surface area contributed by atoms with E-state index in [-0.39, 0.29) is 32.0 Å². The molecule has 0 aromatic heterocycles. The number of hydrogen-bond acceptors (Lipinski definition) is 8. The molecule has 2 unspecified atom stereocenters. The molecule has 0 rings (SSSR count). The van der Waals surface area contributed by atoms with Gasteiger partial charge in [0.15, 0.2) is 6.10 Å². The van der Waals surface area contributed by atoms with Crippen molar-refractivity contribution in [1.82, 2.24) is 0 Å². The molecule has 2 atom stereocenters. The van der Waals surface area contributed by atoms with E-state index in [9.17, 15) is 19.0 Å². The van der Waals surface area contributed by atoms with Crippen molar-refractivity contribution in [3.05, 3.63) is 48.6 Å². The van der Waals surface area contributed by atoms with E-state index in [1.54, 1.807) is 0 Å². The average molecular weight is 1300 g/mol. The molecule has 0 aromatic rings. The molecule has 536 valence electrons. The molecule has 0 aliphatic carbocycles. The Bertz CT molecular complexity index is 1670. The Morgan fingerprint density at radius 1 is 0.352 bits per heavy atom. The molecule has 0 saturated heterocycles. The SMILES string of the molecule is CC/C=C\C/C=C\C/C=C\C/C=C\CCCCCCCCCCCCCCCCCCCCCCCCCCC(=O)OC(COC(=O)CCCCCCCCCCCCCCCCCCCCCCCCCCCCCCCC)COP(=O)([O-])OCC[N+](C)(C)C. The van der Waals surface area contributed by atoms with Crippen LogP contribution in [0.15, 0.2) is 48.6 Å². The lowest BCUT2D eigenvalue weighted by molar-refractivity contribution is -0.870. The largest absolute Gasteiger partial charge is 0.756 e. The maximum atomic E-state index is 12.9. The van der Waals surface area contributed by atoms with Crippen LogP contribution < -0.4 is 4.89 Å². The van der Waals surface area contributed by atoms with Crippen LogP contribution in [-0.4, -0.2) is 70.0 Å². The normalized spacial score (nSPS) is 13.3. The van der Waals surface area contributed by atoms with Gasteiger partial charge in [-0.05, 0) is 51.4 Å². The predicted octanol–water partition coefficient (Wildman–Crippen LogP) is 25.7. The number of ether oxygens (including phenoxy) is 2. The van der Waals surface area contributed by atoms with Gasteiger partial charge in [-0.3, -0.25) is 14.2 Å². The number of carbonyl (C=O) groups is 2. The number of carbonyl (C=O) groups excluding carboxylic acids is 2. The van der Waals surface area contributed by atoms with Crippen LogP contribution in [0.3, 0.4) is 0 Å². The molecular weight excluding hydrogens is 1150 g/mol. The van der Waals surface area contributed by atoms with Crippen LogP contribution >= 0.6 is 7.82 Å². The lowest BCUT2D eigenvalue weighted by atomic mass is 10.0.